The maximum absolute atomic E-state index is 13.7. The zero-order valence-corrected chi connectivity index (χ0v) is 10.4. The molecule has 17 heavy (non-hydrogen) atoms. The number of imidazole rings is 1. The summed E-state index contributed by atoms with van der Waals surface area (Å²) in [4.78, 5) is 4.08. The Bertz CT molecular complexity index is 598. The number of aromatic nitrogens is 2. The van der Waals surface area contributed by atoms with Crippen LogP contribution in [0.4, 0.5) is 10.2 Å². The van der Waals surface area contributed by atoms with Crippen molar-refractivity contribution in [3.63, 3.8) is 0 Å². The molecule has 0 spiro atoms. The minimum atomic E-state index is -0.378. The summed E-state index contributed by atoms with van der Waals surface area (Å²) in [6.07, 6.45) is 6.70. The van der Waals surface area contributed by atoms with Crippen molar-refractivity contribution in [1.29, 1.82) is 0 Å². The predicted octanol–water partition coefficient (Wildman–Crippen LogP) is 2.67. The number of halogens is 2. The van der Waals surface area contributed by atoms with Crippen LogP contribution in [0.5, 0.6) is 0 Å². The van der Waals surface area contributed by atoms with Crippen LogP contribution in [0.25, 0.3) is 11.3 Å². The molecule has 2 N–H and O–H groups in total. The van der Waals surface area contributed by atoms with Crippen molar-refractivity contribution in [2.45, 2.75) is 6.54 Å². The van der Waals surface area contributed by atoms with Crippen LogP contribution in [-0.4, -0.2) is 9.55 Å². The second kappa shape index (κ2) is 4.60. The van der Waals surface area contributed by atoms with Gasteiger partial charge < -0.3 is 10.3 Å². The highest BCUT2D eigenvalue weighted by molar-refractivity contribution is 9.10. The van der Waals surface area contributed by atoms with E-state index in [9.17, 15) is 4.39 Å². The van der Waals surface area contributed by atoms with Gasteiger partial charge in [-0.25, -0.2) is 9.37 Å². The maximum atomic E-state index is 13.7. The average molecular weight is 294 g/mol. The molecule has 0 bridgehead atoms. The van der Waals surface area contributed by atoms with Crippen LogP contribution in [0.3, 0.4) is 0 Å². The Balaban J connectivity index is 2.50. The summed E-state index contributed by atoms with van der Waals surface area (Å²) in [5.74, 6) is 2.44. The fraction of sp³-hybridized carbons (Fsp3) is 0.0833. The van der Waals surface area contributed by atoms with Crippen molar-refractivity contribution >= 4 is 21.7 Å². The summed E-state index contributed by atoms with van der Waals surface area (Å²) in [6, 6.07) is 4.73. The lowest BCUT2D eigenvalue weighted by Gasteiger charge is -2.03. The van der Waals surface area contributed by atoms with Crippen LogP contribution < -0.4 is 5.73 Å². The third-order valence-electron chi connectivity index (χ3n) is 2.33. The van der Waals surface area contributed by atoms with E-state index in [2.05, 4.69) is 26.8 Å². The van der Waals surface area contributed by atoms with Crippen molar-refractivity contribution in [1.82, 2.24) is 9.55 Å². The molecule has 1 aromatic carbocycles. The number of anilines is 1. The van der Waals surface area contributed by atoms with E-state index in [0.29, 0.717) is 28.1 Å². The van der Waals surface area contributed by atoms with Crippen LogP contribution in [0, 0.1) is 18.2 Å². The van der Waals surface area contributed by atoms with Crippen molar-refractivity contribution in [3.05, 3.63) is 34.8 Å². The van der Waals surface area contributed by atoms with E-state index in [0.717, 1.165) is 0 Å². The van der Waals surface area contributed by atoms with E-state index in [1.54, 1.807) is 16.7 Å². The normalized spacial score (nSPS) is 10.2. The number of terminal acetylenes is 1. The Morgan fingerprint density at radius 3 is 2.94 bits per heavy atom. The molecule has 1 heterocycles. The quantitative estimate of drug-likeness (QED) is 0.865. The van der Waals surface area contributed by atoms with Crippen molar-refractivity contribution in [2.75, 3.05) is 5.73 Å². The van der Waals surface area contributed by atoms with Crippen LogP contribution in [0.15, 0.2) is 29.0 Å². The third-order valence-corrected chi connectivity index (χ3v) is 2.82. The molecule has 5 heteroatoms. The first-order chi connectivity index (χ1) is 8.13. The van der Waals surface area contributed by atoms with Crippen molar-refractivity contribution in [3.8, 4) is 23.6 Å². The van der Waals surface area contributed by atoms with Gasteiger partial charge in [0, 0.05) is 10.0 Å². The van der Waals surface area contributed by atoms with E-state index < -0.39 is 0 Å². The Labute approximate surface area is 107 Å². The highest BCUT2D eigenvalue weighted by Gasteiger charge is 2.13. The lowest BCUT2D eigenvalue weighted by molar-refractivity contribution is 0.630. The number of nitrogen functional groups attached to an aromatic ring is 1. The number of nitrogens with zero attached hydrogens (tertiary/aromatic N) is 2. The molecule has 0 amide bonds. The van der Waals surface area contributed by atoms with Gasteiger partial charge in [-0.1, -0.05) is 21.9 Å². The van der Waals surface area contributed by atoms with Gasteiger partial charge >= 0.3 is 0 Å². The lowest BCUT2D eigenvalue weighted by atomic mass is 10.1. The second-order valence-corrected chi connectivity index (χ2v) is 4.35. The summed E-state index contributed by atoms with van der Waals surface area (Å²) in [5, 5.41) is 0. The number of rotatable bonds is 2. The molecular formula is C12H9BrFN3. The van der Waals surface area contributed by atoms with E-state index >= 15 is 0 Å². The summed E-state index contributed by atoms with van der Waals surface area (Å²) >= 11 is 3.19. The molecule has 0 unspecified atom stereocenters. The van der Waals surface area contributed by atoms with Gasteiger partial charge in [-0.3, -0.25) is 0 Å². The molecule has 0 aliphatic carbocycles. The van der Waals surface area contributed by atoms with E-state index in [4.69, 9.17) is 12.2 Å². The molecule has 2 aromatic rings. The van der Waals surface area contributed by atoms with Crippen molar-refractivity contribution in [2.24, 2.45) is 0 Å². The smallest absolute Gasteiger partial charge is 0.133 e. The van der Waals surface area contributed by atoms with E-state index in [1.165, 1.54) is 12.4 Å². The third kappa shape index (κ3) is 2.17. The maximum Gasteiger partial charge on any atom is 0.133 e. The molecule has 0 aliphatic heterocycles. The minimum Gasteiger partial charge on any atom is -0.383 e. The fourth-order valence-corrected chi connectivity index (χ4v) is 1.84. The van der Waals surface area contributed by atoms with Crippen LogP contribution in [0.1, 0.15) is 0 Å². The minimum absolute atomic E-state index is 0.316. The van der Waals surface area contributed by atoms with Gasteiger partial charge in [-0.05, 0) is 18.2 Å². The van der Waals surface area contributed by atoms with Crippen LogP contribution in [0.2, 0.25) is 0 Å². The standard InChI is InChI=1S/C12H9BrFN3/c1-2-5-17-7-16-11(12(17)15)9-4-3-8(13)6-10(9)14/h1,3-4,6-7H,5,15H2. The first-order valence-electron chi connectivity index (χ1n) is 4.83. The zero-order chi connectivity index (χ0) is 12.4. The topological polar surface area (TPSA) is 43.8 Å². The molecular weight excluding hydrogens is 285 g/mol. The van der Waals surface area contributed by atoms with Gasteiger partial charge in [0.15, 0.2) is 0 Å². The van der Waals surface area contributed by atoms with Gasteiger partial charge in [0.1, 0.15) is 17.3 Å². The van der Waals surface area contributed by atoms with E-state index in [1.807, 2.05) is 0 Å². The number of hydrogen-bond donors (Lipinski definition) is 1. The summed E-state index contributed by atoms with van der Waals surface area (Å²) < 4.78 is 16.0. The Hall–Kier alpha value is -1.80. The largest absolute Gasteiger partial charge is 0.383 e. The molecule has 86 valence electrons. The molecule has 0 atom stereocenters. The van der Waals surface area contributed by atoms with Gasteiger partial charge in [-0.2, -0.15) is 0 Å². The molecule has 0 aliphatic rings. The van der Waals surface area contributed by atoms with E-state index in [-0.39, 0.29) is 5.82 Å². The van der Waals surface area contributed by atoms with Crippen LogP contribution >= 0.6 is 15.9 Å². The monoisotopic (exact) mass is 293 g/mol. The molecule has 0 saturated carbocycles. The highest BCUT2D eigenvalue weighted by Crippen LogP contribution is 2.28. The number of hydrogen-bond acceptors (Lipinski definition) is 2. The van der Waals surface area contributed by atoms with Gasteiger partial charge in [-0.15, -0.1) is 6.42 Å². The molecule has 1 aromatic heterocycles. The summed E-state index contributed by atoms with van der Waals surface area (Å²) in [7, 11) is 0. The van der Waals surface area contributed by atoms with Crippen LogP contribution in [-0.2, 0) is 6.54 Å². The molecule has 2 rings (SSSR count). The first-order valence-corrected chi connectivity index (χ1v) is 5.62. The average Bonchev–Trinajstić information content (AvgIpc) is 2.62. The number of nitrogens with two attached hydrogens (primary N) is 1. The van der Waals surface area contributed by atoms with Gasteiger partial charge in [0.2, 0.25) is 0 Å². The Morgan fingerprint density at radius 2 is 2.29 bits per heavy atom. The molecule has 0 radical (unpaired) electrons. The molecule has 0 fully saturated rings. The molecule has 3 nitrogen and oxygen atoms in total. The van der Waals surface area contributed by atoms with Gasteiger partial charge in [0.25, 0.3) is 0 Å². The first kappa shape index (κ1) is 11.7. The second-order valence-electron chi connectivity index (χ2n) is 3.43. The Morgan fingerprint density at radius 1 is 1.53 bits per heavy atom. The number of benzene rings is 1. The fourth-order valence-electron chi connectivity index (χ4n) is 1.51. The zero-order valence-electron chi connectivity index (χ0n) is 8.82. The van der Waals surface area contributed by atoms with Gasteiger partial charge in [0.05, 0.1) is 12.9 Å². The predicted molar refractivity (Wildman–Crippen MR) is 68.6 cm³/mol. The Kier molecular flexibility index (Phi) is 3.16. The highest BCUT2D eigenvalue weighted by atomic mass is 79.9. The lowest BCUT2D eigenvalue weighted by Crippen LogP contribution is -2.01. The summed E-state index contributed by atoms with van der Waals surface area (Å²) in [5.41, 5.74) is 6.62. The SMILES string of the molecule is C#CCn1cnc(-c2ccc(Br)cc2F)c1N. The summed E-state index contributed by atoms with van der Waals surface area (Å²) in [6.45, 7) is 0.316. The molecule has 0 saturated heterocycles. The van der Waals surface area contributed by atoms with Crippen molar-refractivity contribution < 1.29 is 4.39 Å².